The van der Waals surface area contributed by atoms with Crippen LogP contribution in [0.5, 0.6) is 0 Å². The van der Waals surface area contributed by atoms with Crippen molar-refractivity contribution < 1.29 is 44.5 Å². The van der Waals surface area contributed by atoms with Gasteiger partial charge in [0.15, 0.2) is 6.29 Å². The number of carbonyl (C=O) groups excluding carboxylic acids is 1. The zero-order valence-electron chi connectivity index (χ0n) is 44.6. The van der Waals surface area contributed by atoms with E-state index in [1.807, 2.05) is 19.1 Å². The number of aryl methyl sites for hydroxylation is 1. The number of hydrogen-bond donors (Lipinski definition) is 7. The lowest BCUT2D eigenvalue weighted by Crippen LogP contribution is -2.60. The van der Waals surface area contributed by atoms with Crippen LogP contribution in [0.3, 0.4) is 0 Å². The second kappa shape index (κ2) is 43.7. The van der Waals surface area contributed by atoms with Gasteiger partial charge in [-0.3, -0.25) is 5.32 Å². The predicted octanol–water partition coefficient (Wildman–Crippen LogP) is 13.5. The number of unbranched alkanes of at least 4 members (excludes halogenated alkanes) is 34. The van der Waals surface area contributed by atoms with Gasteiger partial charge in [0.05, 0.1) is 24.9 Å². The van der Waals surface area contributed by atoms with Crippen LogP contribution < -0.4 is 10.6 Å². The Hall–Kier alpha value is -1.83. The number of hydrogen-bond acceptors (Lipinski definition) is 10. The highest BCUT2D eigenvalue weighted by atomic mass is 16.7. The molecule has 11 nitrogen and oxygen atoms in total. The number of nitrogens with one attached hydrogen (secondary N) is 2. The molecule has 0 aliphatic carbocycles. The van der Waals surface area contributed by atoms with Crippen molar-refractivity contribution in [1.29, 1.82) is 0 Å². The van der Waals surface area contributed by atoms with Gasteiger partial charge in [-0.25, -0.2) is 4.79 Å². The number of benzene rings is 1. The lowest BCUT2D eigenvalue weighted by molar-refractivity contribution is -0.302. The highest BCUT2D eigenvalue weighted by molar-refractivity contribution is 5.84. The van der Waals surface area contributed by atoms with E-state index in [-0.39, 0.29) is 6.61 Å². The summed E-state index contributed by atoms with van der Waals surface area (Å²) in [5.74, 6) is 0. The lowest BCUT2D eigenvalue weighted by Gasteiger charge is -2.40. The Morgan fingerprint density at radius 3 is 1.36 bits per heavy atom. The maximum absolute atomic E-state index is 12.5. The van der Waals surface area contributed by atoms with Gasteiger partial charge >= 0.3 is 6.09 Å². The Labute approximate surface area is 422 Å². The van der Waals surface area contributed by atoms with Crippen LogP contribution >= 0.6 is 0 Å². The van der Waals surface area contributed by atoms with Gasteiger partial charge in [0.1, 0.15) is 31.0 Å². The predicted molar refractivity (Wildman–Crippen MR) is 285 cm³/mol. The largest absolute Gasteiger partial charge is 0.446 e. The maximum Gasteiger partial charge on any atom is 0.411 e. The van der Waals surface area contributed by atoms with Crippen molar-refractivity contribution in [2.75, 3.05) is 25.1 Å². The van der Waals surface area contributed by atoms with Crippen LogP contribution in [-0.2, 0) is 14.2 Å². The summed E-state index contributed by atoms with van der Waals surface area (Å²) in [6.07, 6.45) is 37.1. The number of carbonyl (C=O) groups is 1. The molecule has 1 fully saturated rings. The molecule has 1 aliphatic heterocycles. The average Bonchev–Trinajstić information content (AvgIpc) is 3.35. The number of aliphatic hydroxyl groups excluding tert-OH is 5. The lowest BCUT2D eigenvalue weighted by atomic mass is 9.98. The fraction of sp³-hybridized carbons (Fsp3) is 0.879. The third kappa shape index (κ3) is 32.8. The molecule has 404 valence electrons. The first-order valence-corrected chi connectivity index (χ1v) is 29.1. The first-order chi connectivity index (χ1) is 33.7. The summed E-state index contributed by atoms with van der Waals surface area (Å²) in [6.45, 7) is 6.58. The molecule has 7 N–H and O–H groups in total. The Balaban J connectivity index is 1.68. The molecule has 2 rings (SSSR count). The molecule has 1 aromatic rings. The number of rotatable bonds is 47. The Kier molecular flexibility index (Phi) is 40.1. The number of amides is 1. The molecule has 1 aromatic carbocycles. The van der Waals surface area contributed by atoms with Crippen LogP contribution in [0.2, 0.25) is 0 Å². The molecule has 11 heteroatoms. The highest BCUT2D eigenvalue weighted by Gasteiger charge is 2.45. The van der Waals surface area contributed by atoms with Crippen LogP contribution in [0.25, 0.3) is 0 Å². The summed E-state index contributed by atoms with van der Waals surface area (Å²) in [7, 11) is 0. The fourth-order valence-corrected chi connectivity index (χ4v) is 9.63. The standard InChI is InChI=1S/C58H108N2O9/c1-4-6-8-10-12-14-16-18-19-20-21-22-23-24-25-26-27-28-29-31-33-35-37-39-45-59-50(53(62)51(61)40-38-36-34-32-30-17-15-13-11-9-7-5-2)46-67-57-56(65)55(64)54(63)52(69-57)47-68-58(66)60-49-43-41-48(3)42-44-49/h41-44,50-57,59,61-65H,4-40,45-47H2,1-3H3,(H,60,66)/t50-,51+,52+,53-,54-,55-,56+,57+/m0/s1. The van der Waals surface area contributed by atoms with E-state index in [1.54, 1.807) is 12.1 Å². The van der Waals surface area contributed by atoms with Gasteiger partial charge in [0.2, 0.25) is 0 Å². The molecule has 0 saturated carbocycles. The summed E-state index contributed by atoms with van der Waals surface area (Å²) in [5.41, 5.74) is 1.58. The molecule has 1 saturated heterocycles. The zero-order chi connectivity index (χ0) is 50.0. The number of aliphatic hydroxyl groups is 5. The number of anilines is 1. The van der Waals surface area contributed by atoms with Gasteiger partial charge in [-0.2, -0.15) is 0 Å². The van der Waals surface area contributed by atoms with Gasteiger partial charge in [-0.05, 0) is 38.4 Å². The van der Waals surface area contributed by atoms with Crippen LogP contribution in [0.15, 0.2) is 24.3 Å². The van der Waals surface area contributed by atoms with Crippen LogP contribution in [0.1, 0.15) is 257 Å². The van der Waals surface area contributed by atoms with E-state index in [0.29, 0.717) is 18.7 Å². The van der Waals surface area contributed by atoms with E-state index < -0.39 is 61.7 Å². The van der Waals surface area contributed by atoms with Crippen molar-refractivity contribution in [2.45, 2.75) is 307 Å². The second-order valence-electron chi connectivity index (χ2n) is 20.9. The van der Waals surface area contributed by atoms with E-state index in [1.165, 1.54) is 193 Å². The smallest absolute Gasteiger partial charge is 0.411 e. The molecule has 8 atom stereocenters. The third-order valence-corrected chi connectivity index (χ3v) is 14.4. The van der Waals surface area contributed by atoms with Gasteiger partial charge in [-0.1, -0.05) is 256 Å². The van der Waals surface area contributed by atoms with Crippen molar-refractivity contribution in [1.82, 2.24) is 5.32 Å². The van der Waals surface area contributed by atoms with E-state index >= 15 is 0 Å². The Morgan fingerprint density at radius 2 is 0.942 bits per heavy atom. The van der Waals surface area contributed by atoms with E-state index in [2.05, 4.69) is 24.5 Å². The summed E-state index contributed by atoms with van der Waals surface area (Å²) < 4.78 is 17.1. The van der Waals surface area contributed by atoms with Crippen molar-refractivity contribution >= 4 is 11.8 Å². The molecule has 1 amide bonds. The molecule has 1 heterocycles. The Morgan fingerprint density at radius 1 is 0.551 bits per heavy atom. The summed E-state index contributed by atoms with van der Waals surface area (Å²) in [6, 6.07) is 6.52. The second-order valence-corrected chi connectivity index (χ2v) is 20.9. The van der Waals surface area contributed by atoms with E-state index in [0.717, 1.165) is 44.1 Å². The molecule has 0 aromatic heterocycles. The minimum absolute atomic E-state index is 0.123. The Bertz CT molecular complexity index is 1290. The first-order valence-electron chi connectivity index (χ1n) is 29.1. The summed E-state index contributed by atoms with van der Waals surface area (Å²) in [4.78, 5) is 12.5. The van der Waals surface area contributed by atoms with Crippen LogP contribution in [0, 0.1) is 6.92 Å². The molecule has 0 bridgehead atoms. The van der Waals surface area contributed by atoms with Crippen LogP contribution in [0.4, 0.5) is 10.5 Å². The van der Waals surface area contributed by atoms with Gasteiger partial charge in [0, 0.05) is 5.69 Å². The van der Waals surface area contributed by atoms with Gasteiger partial charge in [-0.15, -0.1) is 0 Å². The first kappa shape index (κ1) is 63.3. The average molecular weight is 978 g/mol. The molecule has 1 aliphatic rings. The quantitative estimate of drug-likeness (QED) is 0.0312. The van der Waals surface area contributed by atoms with Gasteiger partial charge < -0.3 is 45.1 Å². The fourth-order valence-electron chi connectivity index (χ4n) is 9.63. The number of ether oxygens (including phenoxy) is 3. The SMILES string of the molecule is CCCCCCCCCCCCCCCCCCCCCCCCCCN[C@@H](CO[C@@H]1O[C@H](COC(=O)Nc2ccc(C)cc2)[C@H](O)[C@H](O)[C@H]1O)[C@H](O)[C@H](O)CCCCCCCCCCCCCC. The minimum Gasteiger partial charge on any atom is -0.446 e. The van der Waals surface area contributed by atoms with Crippen molar-refractivity contribution in [2.24, 2.45) is 0 Å². The summed E-state index contributed by atoms with van der Waals surface area (Å²) in [5, 5.41) is 60.8. The van der Waals surface area contributed by atoms with Crippen molar-refractivity contribution in [3.05, 3.63) is 29.8 Å². The highest BCUT2D eigenvalue weighted by Crippen LogP contribution is 2.24. The molecular formula is C58H108N2O9. The van der Waals surface area contributed by atoms with Gasteiger partial charge in [0.25, 0.3) is 0 Å². The molecule has 0 unspecified atom stereocenters. The van der Waals surface area contributed by atoms with Crippen molar-refractivity contribution in [3.63, 3.8) is 0 Å². The topological polar surface area (TPSA) is 170 Å². The van der Waals surface area contributed by atoms with E-state index in [9.17, 15) is 30.3 Å². The van der Waals surface area contributed by atoms with Crippen molar-refractivity contribution in [3.8, 4) is 0 Å². The third-order valence-electron chi connectivity index (χ3n) is 14.4. The minimum atomic E-state index is -1.62. The van der Waals surface area contributed by atoms with Crippen LogP contribution in [-0.4, -0.2) is 100 Å². The molecule has 69 heavy (non-hydrogen) atoms. The summed E-state index contributed by atoms with van der Waals surface area (Å²) >= 11 is 0. The molecule has 0 spiro atoms. The van der Waals surface area contributed by atoms with E-state index in [4.69, 9.17) is 14.2 Å². The molecular weight excluding hydrogens is 869 g/mol. The zero-order valence-corrected chi connectivity index (χ0v) is 44.6. The maximum atomic E-state index is 12.5. The monoisotopic (exact) mass is 977 g/mol. The molecule has 0 radical (unpaired) electrons. The normalized spacial score (nSPS) is 19.7.